The Kier molecular flexibility index (Phi) is 5.98. The first-order valence-corrected chi connectivity index (χ1v) is 8.26. The van der Waals surface area contributed by atoms with Crippen LogP contribution in [0.5, 0.6) is 5.75 Å². The highest BCUT2D eigenvalue weighted by atomic mass is 35.7. The minimum absolute atomic E-state index is 0.0859. The highest BCUT2D eigenvalue weighted by molar-refractivity contribution is 8.09. The van der Waals surface area contributed by atoms with Gasteiger partial charge in [0.1, 0.15) is 5.75 Å². The van der Waals surface area contributed by atoms with Crippen LogP contribution in [0.1, 0.15) is 26.7 Å². The second kappa shape index (κ2) is 7.06. The lowest BCUT2D eigenvalue weighted by atomic mass is 9.89. The molecule has 0 saturated carbocycles. The largest absolute Gasteiger partial charge is 0.427 e. The Balaban J connectivity index is 2.39. The molecule has 0 aliphatic carbocycles. The molecule has 0 spiro atoms. The summed E-state index contributed by atoms with van der Waals surface area (Å²) in [5.41, 5.74) is -0.502. The quantitative estimate of drug-likeness (QED) is 0.439. The maximum absolute atomic E-state index is 11.7. The molecule has 0 N–H and O–H groups in total. The van der Waals surface area contributed by atoms with Crippen LogP contribution in [0, 0.1) is 5.41 Å². The van der Waals surface area contributed by atoms with Crippen molar-refractivity contribution in [3.63, 3.8) is 0 Å². The lowest BCUT2D eigenvalue weighted by molar-refractivity contribution is -0.135. The third-order valence-electron chi connectivity index (χ3n) is 2.57. The number of benzene rings is 1. The third-order valence-corrected chi connectivity index (χ3v) is 3.24. The van der Waals surface area contributed by atoms with Gasteiger partial charge in [-0.3, -0.25) is 8.98 Å². The average molecular weight is 321 g/mol. The van der Waals surface area contributed by atoms with E-state index < -0.39 is 14.7 Å². The lowest BCUT2D eigenvalue weighted by Gasteiger charge is -2.22. The molecule has 0 aliphatic rings. The highest BCUT2D eigenvalue weighted by Crippen LogP contribution is 2.24. The van der Waals surface area contributed by atoms with Crippen molar-refractivity contribution in [2.45, 2.75) is 26.7 Å². The Morgan fingerprint density at radius 1 is 1.25 bits per heavy atom. The molecule has 1 aromatic carbocycles. The van der Waals surface area contributed by atoms with Crippen molar-refractivity contribution in [2.24, 2.45) is 5.41 Å². The number of halogens is 1. The number of ether oxygens (including phenoxy) is 1. The van der Waals surface area contributed by atoms with Crippen molar-refractivity contribution in [2.75, 3.05) is 6.61 Å². The standard InChI is InChI=1S/C13H17ClO5S/c1-13(2,10-18-20(14,16)17)9-8-12(15)19-11-6-4-3-5-7-11/h3-7H,8-10H2,1-2H3. The van der Waals surface area contributed by atoms with E-state index in [1.807, 2.05) is 6.07 Å². The van der Waals surface area contributed by atoms with E-state index in [0.717, 1.165) is 0 Å². The second-order valence-electron chi connectivity index (χ2n) is 5.11. The predicted molar refractivity (Wildman–Crippen MR) is 75.8 cm³/mol. The Labute approximate surface area is 123 Å². The van der Waals surface area contributed by atoms with Gasteiger partial charge in [-0.15, -0.1) is 0 Å². The first kappa shape index (κ1) is 16.9. The van der Waals surface area contributed by atoms with E-state index >= 15 is 0 Å². The van der Waals surface area contributed by atoms with Crippen molar-refractivity contribution < 1.29 is 22.1 Å². The molecule has 5 nitrogen and oxygen atoms in total. The van der Waals surface area contributed by atoms with Gasteiger partial charge < -0.3 is 4.74 Å². The number of hydrogen-bond acceptors (Lipinski definition) is 5. The molecule has 112 valence electrons. The van der Waals surface area contributed by atoms with Gasteiger partial charge in [0.2, 0.25) is 0 Å². The Hall–Kier alpha value is -1.11. The fourth-order valence-electron chi connectivity index (χ4n) is 1.41. The summed E-state index contributed by atoms with van der Waals surface area (Å²) in [5.74, 6) is 0.105. The molecule has 0 unspecified atom stereocenters. The van der Waals surface area contributed by atoms with E-state index in [0.29, 0.717) is 12.2 Å². The summed E-state index contributed by atoms with van der Waals surface area (Å²) in [5, 5.41) is 0. The molecule has 1 aromatic rings. The minimum Gasteiger partial charge on any atom is -0.427 e. The fraction of sp³-hybridized carbons (Fsp3) is 0.462. The molecule has 1 rings (SSSR count). The summed E-state index contributed by atoms with van der Waals surface area (Å²) in [7, 11) is 0.979. The second-order valence-corrected chi connectivity index (χ2v) is 7.26. The summed E-state index contributed by atoms with van der Waals surface area (Å²) in [6, 6.07) is 8.74. The third kappa shape index (κ3) is 7.47. The zero-order valence-electron chi connectivity index (χ0n) is 11.3. The highest BCUT2D eigenvalue weighted by Gasteiger charge is 2.23. The van der Waals surface area contributed by atoms with Crippen LogP contribution >= 0.6 is 10.7 Å². The molecule has 0 saturated heterocycles. The van der Waals surface area contributed by atoms with Gasteiger partial charge in [-0.05, 0) is 24.0 Å². The number of esters is 1. The molecular weight excluding hydrogens is 304 g/mol. The Morgan fingerprint density at radius 2 is 1.85 bits per heavy atom. The van der Waals surface area contributed by atoms with Gasteiger partial charge >= 0.3 is 15.3 Å². The van der Waals surface area contributed by atoms with E-state index in [4.69, 9.17) is 15.4 Å². The first-order chi connectivity index (χ1) is 9.18. The van der Waals surface area contributed by atoms with Crippen LogP contribution in [-0.4, -0.2) is 21.0 Å². The number of carbonyl (C=O) groups is 1. The molecule has 7 heteroatoms. The Bertz CT molecular complexity index is 539. The maximum Gasteiger partial charge on any atom is 0.355 e. The molecule has 0 aliphatic heterocycles. The molecule has 0 fully saturated rings. The maximum atomic E-state index is 11.7. The first-order valence-electron chi connectivity index (χ1n) is 6.03. The molecule has 0 heterocycles. The molecule has 0 atom stereocenters. The number of hydrogen-bond donors (Lipinski definition) is 0. The van der Waals surface area contributed by atoms with Crippen molar-refractivity contribution in [3.8, 4) is 5.75 Å². The number of rotatable bonds is 7. The number of para-hydroxylation sites is 1. The smallest absolute Gasteiger partial charge is 0.355 e. The summed E-state index contributed by atoms with van der Waals surface area (Å²) in [6.07, 6.45) is 0.582. The molecule has 0 bridgehead atoms. The fourth-order valence-corrected chi connectivity index (χ4v) is 2.01. The minimum atomic E-state index is -3.99. The van der Waals surface area contributed by atoms with Crippen molar-refractivity contribution in [1.29, 1.82) is 0 Å². The van der Waals surface area contributed by atoms with Crippen molar-refractivity contribution in [1.82, 2.24) is 0 Å². The van der Waals surface area contributed by atoms with E-state index in [1.54, 1.807) is 38.1 Å². The van der Waals surface area contributed by atoms with E-state index in [9.17, 15) is 13.2 Å². The average Bonchev–Trinajstić information content (AvgIpc) is 2.35. The lowest BCUT2D eigenvalue weighted by Crippen LogP contribution is -2.22. The van der Waals surface area contributed by atoms with Gasteiger partial charge in [0.25, 0.3) is 0 Å². The normalized spacial score (nSPS) is 12.2. The summed E-state index contributed by atoms with van der Waals surface area (Å²) in [6.45, 7) is 3.48. The van der Waals surface area contributed by atoms with Crippen molar-refractivity contribution >= 4 is 26.0 Å². The van der Waals surface area contributed by atoms with Crippen LogP contribution in [0.2, 0.25) is 0 Å². The molecule has 0 radical (unpaired) electrons. The van der Waals surface area contributed by atoms with Crippen LogP contribution in [0.15, 0.2) is 30.3 Å². The monoisotopic (exact) mass is 320 g/mol. The molecular formula is C13H17ClO5S. The van der Waals surface area contributed by atoms with Crippen LogP contribution in [0.25, 0.3) is 0 Å². The van der Waals surface area contributed by atoms with Gasteiger partial charge in [-0.1, -0.05) is 32.0 Å². The molecule has 0 amide bonds. The Morgan fingerprint density at radius 3 is 2.40 bits per heavy atom. The molecule has 0 aromatic heterocycles. The van der Waals surface area contributed by atoms with Crippen LogP contribution in [0.3, 0.4) is 0 Å². The van der Waals surface area contributed by atoms with Crippen LogP contribution in [-0.2, 0) is 18.3 Å². The van der Waals surface area contributed by atoms with Crippen LogP contribution in [0.4, 0.5) is 0 Å². The molecule has 20 heavy (non-hydrogen) atoms. The van der Waals surface area contributed by atoms with E-state index in [-0.39, 0.29) is 19.0 Å². The predicted octanol–water partition coefficient (Wildman–Crippen LogP) is 2.90. The SMILES string of the molecule is CC(C)(CCC(=O)Oc1ccccc1)COS(=O)(=O)Cl. The van der Waals surface area contributed by atoms with Gasteiger partial charge in [0, 0.05) is 17.1 Å². The van der Waals surface area contributed by atoms with Crippen LogP contribution < -0.4 is 4.74 Å². The van der Waals surface area contributed by atoms with Gasteiger partial charge in [-0.2, -0.15) is 8.42 Å². The van der Waals surface area contributed by atoms with E-state index in [2.05, 4.69) is 4.18 Å². The van der Waals surface area contributed by atoms with Crippen molar-refractivity contribution in [3.05, 3.63) is 30.3 Å². The summed E-state index contributed by atoms with van der Waals surface area (Å²) in [4.78, 5) is 11.7. The number of carbonyl (C=O) groups excluding carboxylic acids is 1. The summed E-state index contributed by atoms with van der Waals surface area (Å²) < 4.78 is 31.1. The zero-order valence-corrected chi connectivity index (χ0v) is 12.9. The zero-order chi connectivity index (χ0) is 15.2. The summed E-state index contributed by atoms with van der Waals surface area (Å²) >= 11 is 0. The van der Waals surface area contributed by atoms with Gasteiger partial charge in [-0.25, -0.2) is 0 Å². The topological polar surface area (TPSA) is 69.7 Å². The van der Waals surface area contributed by atoms with E-state index in [1.165, 1.54) is 0 Å². The van der Waals surface area contributed by atoms with Gasteiger partial charge in [0.05, 0.1) is 6.61 Å². The van der Waals surface area contributed by atoms with Gasteiger partial charge in [0.15, 0.2) is 0 Å².